The van der Waals surface area contributed by atoms with Crippen molar-refractivity contribution in [2.45, 2.75) is 40.5 Å². The van der Waals surface area contributed by atoms with Crippen LogP contribution < -0.4 is 10.7 Å². The number of pyridine rings is 1. The number of amides is 1. The van der Waals surface area contributed by atoms with Crippen LogP contribution in [0, 0.1) is 0 Å². The molecule has 1 amide bonds. The molecule has 1 aromatic carbocycles. The van der Waals surface area contributed by atoms with Crippen LogP contribution in [-0.2, 0) is 0 Å². The molecule has 1 heterocycles. The Hall–Kier alpha value is -2.62. The van der Waals surface area contributed by atoms with Crippen LogP contribution in [-0.4, -0.2) is 10.9 Å². The third kappa shape index (κ3) is 4.95. The van der Waals surface area contributed by atoms with Gasteiger partial charge in [-0.1, -0.05) is 58.4 Å². The van der Waals surface area contributed by atoms with E-state index >= 15 is 0 Å². The molecule has 1 aliphatic rings. The van der Waals surface area contributed by atoms with Gasteiger partial charge in [-0.15, -0.1) is 0 Å². The summed E-state index contributed by atoms with van der Waals surface area (Å²) in [5.74, 6) is -0.373. The minimum atomic E-state index is -0.373. The number of rotatable bonds is 2. The Balaban J connectivity index is 0.000000521. The molecule has 0 bridgehead atoms. The zero-order valence-electron chi connectivity index (χ0n) is 14.8. The zero-order valence-corrected chi connectivity index (χ0v) is 14.8. The highest BCUT2D eigenvalue weighted by Gasteiger charge is 2.14. The Morgan fingerprint density at radius 1 is 1.21 bits per heavy atom. The molecule has 1 aromatic heterocycles. The van der Waals surface area contributed by atoms with Crippen LogP contribution >= 0.6 is 0 Å². The lowest BCUT2D eigenvalue weighted by Gasteiger charge is -2.06. The Morgan fingerprint density at radius 2 is 1.88 bits per heavy atom. The standard InChI is InChI=1S/C15H12N2O2.C3H8.C2H6/c18-14-11-7-3-4-8-13(11)16-9-12(14)15(19)17-10-5-1-2-6-10;1-3-2;1-2/h1-5,7-9H,6H2,(H,16,18)(H,17,19);3H2,1-2H3;1-2H3. The lowest BCUT2D eigenvalue weighted by Crippen LogP contribution is -2.28. The maximum Gasteiger partial charge on any atom is 0.260 e. The van der Waals surface area contributed by atoms with Crippen molar-refractivity contribution in [1.82, 2.24) is 10.3 Å². The average Bonchev–Trinajstić information content (AvgIpc) is 3.11. The van der Waals surface area contributed by atoms with E-state index in [1.54, 1.807) is 12.1 Å². The molecular formula is C20H26N2O2. The van der Waals surface area contributed by atoms with Crippen molar-refractivity contribution in [3.63, 3.8) is 0 Å². The van der Waals surface area contributed by atoms with Gasteiger partial charge in [-0.05, 0) is 18.2 Å². The number of aromatic amines is 1. The van der Waals surface area contributed by atoms with Crippen molar-refractivity contribution < 1.29 is 4.79 Å². The number of H-pyrrole nitrogens is 1. The summed E-state index contributed by atoms with van der Waals surface area (Å²) in [6.45, 7) is 8.25. The molecule has 4 nitrogen and oxygen atoms in total. The highest BCUT2D eigenvalue weighted by atomic mass is 16.2. The fourth-order valence-corrected chi connectivity index (χ4v) is 2.09. The first-order valence-electron chi connectivity index (χ1n) is 8.44. The van der Waals surface area contributed by atoms with E-state index in [0.29, 0.717) is 11.8 Å². The van der Waals surface area contributed by atoms with Crippen LogP contribution in [0.3, 0.4) is 0 Å². The number of allylic oxidation sites excluding steroid dienone is 3. The summed E-state index contributed by atoms with van der Waals surface area (Å²) in [5, 5.41) is 3.26. The van der Waals surface area contributed by atoms with E-state index in [0.717, 1.165) is 11.2 Å². The van der Waals surface area contributed by atoms with Gasteiger partial charge in [0, 0.05) is 29.2 Å². The smallest absolute Gasteiger partial charge is 0.260 e. The van der Waals surface area contributed by atoms with Crippen molar-refractivity contribution in [2.75, 3.05) is 0 Å². The molecule has 128 valence electrons. The molecule has 0 unspecified atom stereocenters. The van der Waals surface area contributed by atoms with Gasteiger partial charge in [0.15, 0.2) is 0 Å². The van der Waals surface area contributed by atoms with Crippen molar-refractivity contribution in [3.05, 3.63) is 70.2 Å². The molecular weight excluding hydrogens is 300 g/mol. The second-order valence-electron chi connectivity index (χ2n) is 5.06. The third-order valence-electron chi connectivity index (χ3n) is 3.08. The lowest BCUT2D eigenvalue weighted by atomic mass is 10.1. The summed E-state index contributed by atoms with van der Waals surface area (Å²) in [4.78, 5) is 27.3. The van der Waals surface area contributed by atoms with Gasteiger partial charge in [0.1, 0.15) is 5.56 Å². The maximum atomic E-state index is 12.2. The molecule has 0 saturated heterocycles. The number of para-hydroxylation sites is 1. The third-order valence-corrected chi connectivity index (χ3v) is 3.08. The van der Waals surface area contributed by atoms with Gasteiger partial charge >= 0.3 is 0 Å². The van der Waals surface area contributed by atoms with Gasteiger partial charge in [0.2, 0.25) is 5.43 Å². The van der Waals surface area contributed by atoms with Crippen molar-refractivity contribution >= 4 is 16.8 Å². The Bertz CT molecular complexity index is 786. The first kappa shape index (κ1) is 19.4. The minimum Gasteiger partial charge on any atom is -0.360 e. The normalized spacial score (nSPS) is 11.8. The van der Waals surface area contributed by atoms with Gasteiger partial charge in [-0.3, -0.25) is 9.59 Å². The molecule has 4 heteroatoms. The van der Waals surface area contributed by atoms with Gasteiger partial charge in [0.25, 0.3) is 5.91 Å². The van der Waals surface area contributed by atoms with E-state index in [9.17, 15) is 9.59 Å². The van der Waals surface area contributed by atoms with E-state index < -0.39 is 0 Å². The van der Waals surface area contributed by atoms with Crippen molar-refractivity contribution in [1.29, 1.82) is 0 Å². The number of carbonyl (C=O) groups excluding carboxylic acids is 1. The predicted octanol–water partition coefficient (Wildman–Crippen LogP) is 4.54. The highest BCUT2D eigenvalue weighted by Crippen LogP contribution is 2.09. The van der Waals surface area contributed by atoms with E-state index in [1.807, 2.05) is 44.2 Å². The highest BCUT2D eigenvalue weighted by molar-refractivity contribution is 5.98. The fourth-order valence-electron chi connectivity index (χ4n) is 2.09. The number of benzene rings is 1. The molecule has 1 aliphatic carbocycles. The number of fused-ring (bicyclic) bond motifs is 1. The van der Waals surface area contributed by atoms with Crippen molar-refractivity contribution in [2.24, 2.45) is 0 Å². The molecule has 3 rings (SSSR count). The summed E-state index contributed by atoms with van der Waals surface area (Å²) in [6.07, 6.45) is 9.05. The number of hydrogen-bond donors (Lipinski definition) is 2. The van der Waals surface area contributed by atoms with Gasteiger partial charge in [-0.2, -0.15) is 0 Å². The molecule has 2 aromatic rings. The monoisotopic (exact) mass is 326 g/mol. The SMILES string of the molecule is CC.CCC.O=C(NC1=CC=CC1)c1c[nH]c2ccccc2c1=O. The molecule has 0 atom stereocenters. The molecule has 0 fully saturated rings. The molecule has 0 radical (unpaired) electrons. The van der Waals surface area contributed by atoms with E-state index in [4.69, 9.17) is 0 Å². The van der Waals surface area contributed by atoms with Gasteiger partial charge < -0.3 is 10.3 Å². The first-order valence-corrected chi connectivity index (χ1v) is 8.44. The second-order valence-corrected chi connectivity index (χ2v) is 5.06. The number of carbonyl (C=O) groups is 1. The second kappa shape index (κ2) is 10.2. The largest absolute Gasteiger partial charge is 0.360 e. The van der Waals surface area contributed by atoms with Gasteiger partial charge in [0.05, 0.1) is 0 Å². The van der Waals surface area contributed by atoms with E-state index in [2.05, 4.69) is 24.1 Å². The topological polar surface area (TPSA) is 62.0 Å². The lowest BCUT2D eigenvalue weighted by molar-refractivity contribution is 0.0964. The Labute approximate surface area is 143 Å². The molecule has 0 spiro atoms. The quantitative estimate of drug-likeness (QED) is 0.851. The number of hydrogen-bond acceptors (Lipinski definition) is 2. The Morgan fingerprint density at radius 3 is 2.50 bits per heavy atom. The maximum absolute atomic E-state index is 12.2. The number of nitrogens with one attached hydrogen (secondary N) is 2. The van der Waals surface area contributed by atoms with E-state index in [1.165, 1.54) is 12.6 Å². The summed E-state index contributed by atoms with van der Waals surface area (Å²) < 4.78 is 0. The summed E-state index contributed by atoms with van der Waals surface area (Å²) in [6, 6.07) is 7.14. The van der Waals surface area contributed by atoms with Crippen LogP contribution in [0.1, 0.15) is 50.9 Å². The fraction of sp³-hybridized carbons (Fsp3) is 0.300. The predicted molar refractivity (Wildman–Crippen MR) is 101 cm³/mol. The van der Waals surface area contributed by atoms with Crippen LogP contribution in [0.2, 0.25) is 0 Å². The summed E-state index contributed by atoms with van der Waals surface area (Å²) in [7, 11) is 0. The van der Waals surface area contributed by atoms with Crippen LogP contribution in [0.5, 0.6) is 0 Å². The van der Waals surface area contributed by atoms with Gasteiger partial charge in [-0.25, -0.2) is 0 Å². The molecule has 24 heavy (non-hydrogen) atoms. The molecule has 0 aliphatic heterocycles. The first-order chi connectivity index (χ1) is 11.7. The number of aromatic nitrogens is 1. The molecule has 0 saturated carbocycles. The average molecular weight is 326 g/mol. The summed E-state index contributed by atoms with van der Waals surface area (Å²) >= 11 is 0. The summed E-state index contributed by atoms with van der Waals surface area (Å²) in [5.41, 5.74) is 1.41. The van der Waals surface area contributed by atoms with Crippen molar-refractivity contribution in [3.8, 4) is 0 Å². The Kier molecular flexibility index (Phi) is 8.26. The van der Waals surface area contributed by atoms with Crippen LogP contribution in [0.4, 0.5) is 0 Å². The molecule has 2 N–H and O–H groups in total. The zero-order chi connectivity index (χ0) is 17.9. The van der Waals surface area contributed by atoms with Crippen LogP contribution in [0.25, 0.3) is 10.9 Å². The minimum absolute atomic E-state index is 0.131. The van der Waals surface area contributed by atoms with Crippen LogP contribution in [0.15, 0.2) is 59.2 Å². The van der Waals surface area contributed by atoms with E-state index in [-0.39, 0.29) is 16.9 Å².